The second-order valence-electron chi connectivity index (χ2n) is 4.87. The van der Waals surface area contributed by atoms with Crippen molar-refractivity contribution in [2.45, 2.75) is 0 Å². The second kappa shape index (κ2) is 5.35. The number of likely N-dealkylation sites (N-methyl/N-ethyl adjacent to an activating group) is 1. The number of rotatable bonds is 2. The molecule has 0 N–H and O–H groups in total. The highest BCUT2D eigenvalue weighted by Gasteiger charge is 2.24. The summed E-state index contributed by atoms with van der Waals surface area (Å²) in [6.07, 6.45) is 6.80. The lowest BCUT2D eigenvalue weighted by Crippen LogP contribution is -2.34. The lowest BCUT2D eigenvalue weighted by molar-refractivity contribution is -0.113. The molecule has 4 nitrogen and oxygen atoms in total. The first-order valence-electron chi connectivity index (χ1n) is 6.44. The summed E-state index contributed by atoms with van der Waals surface area (Å²) >= 11 is 0. The van der Waals surface area contributed by atoms with E-state index < -0.39 is 0 Å². The average Bonchev–Trinajstić information content (AvgIpc) is 3.08. The van der Waals surface area contributed by atoms with Gasteiger partial charge in [0.25, 0.3) is 0 Å². The van der Waals surface area contributed by atoms with Crippen LogP contribution < -0.4 is 0 Å². The molecule has 3 rings (SSSR count). The predicted molar refractivity (Wildman–Crippen MR) is 75.9 cm³/mol. The van der Waals surface area contributed by atoms with Gasteiger partial charge in [0.05, 0.1) is 12.5 Å². The molecule has 2 aromatic heterocycles. The normalized spacial score (nSPS) is 20.9. The van der Waals surface area contributed by atoms with Crippen molar-refractivity contribution in [1.29, 1.82) is 0 Å². The van der Waals surface area contributed by atoms with Crippen LogP contribution in [0.1, 0.15) is 11.5 Å². The largest absolute Gasteiger partial charge is 0.465 e. The zero-order chi connectivity index (χ0) is 13.9. The molecule has 20 heavy (non-hydrogen) atoms. The molecule has 0 aromatic carbocycles. The van der Waals surface area contributed by atoms with Crippen LogP contribution in [-0.4, -0.2) is 30.8 Å². The predicted octanol–water partition coefficient (Wildman–Crippen LogP) is 2.85. The average molecular weight is 269 g/mol. The molecular weight excluding hydrogens is 254 g/mol. The van der Waals surface area contributed by atoms with Gasteiger partial charge in [-0.3, -0.25) is 9.69 Å². The van der Waals surface area contributed by atoms with Crippen LogP contribution in [0.3, 0.4) is 0 Å². The van der Waals surface area contributed by atoms with E-state index in [1.807, 2.05) is 31.3 Å². The molecule has 102 valence electrons. The van der Waals surface area contributed by atoms with E-state index in [-0.39, 0.29) is 5.78 Å². The summed E-state index contributed by atoms with van der Waals surface area (Å²) in [6.45, 7) is 1.24. The molecule has 0 radical (unpaired) electrons. The summed E-state index contributed by atoms with van der Waals surface area (Å²) in [5, 5.41) is 0. The molecule has 2 aromatic rings. The van der Waals surface area contributed by atoms with Crippen LogP contribution in [0.2, 0.25) is 0 Å². The SMILES string of the molecule is CN1CC(=Cc2ccco2)C(=O)C(=Cc2ccco2)C1. The van der Waals surface area contributed by atoms with Gasteiger partial charge in [-0.05, 0) is 43.5 Å². The minimum absolute atomic E-state index is 0.0518. The lowest BCUT2D eigenvalue weighted by Gasteiger charge is -2.25. The van der Waals surface area contributed by atoms with Crippen molar-refractivity contribution >= 4 is 17.9 Å². The molecular formula is C16H15NO3. The quantitative estimate of drug-likeness (QED) is 0.786. The van der Waals surface area contributed by atoms with Crippen molar-refractivity contribution < 1.29 is 13.6 Å². The van der Waals surface area contributed by atoms with Gasteiger partial charge in [0, 0.05) is 24.2 Å². The van der Waals surface area contributed by atoms with Crippen molar-refractivity contribution in [3.8, 4) is 0 Å². The third-order valence-electron chi connectivity index (χ3n) is 3.18. The van der Waals surface area contributed by atoms with Gasteiger partial charge in [0.15, 0.2) is 5.78 Å². The fraction of sp³-hybridized carbons (Fsp3) is 0.188. The van der Waals surface area contributed by atoms with Crippen LogP contribution in [0, 0.1) is 0 Å². The molecule has 1 aliphatic heterocycles. The number of furan rings is 2. The number of carbonyl (C=O) groups is 1. The standard InChI is InChI=1S/C16H15NO3/c1-17-10-12(8-14-4-2-6-19-14)16(18)13(11-17)9-15-5-3-7-20-15/h2-9H,10-11H2,1H3. The first-order chi connectivity index (χ1) is 9.72. The Morgan fingerprint density at radius 2 is 1.50 bits per heavy atom. The van der Waals surface area contributed by atoms with E-state index in [9.17, 15) is 4.79 Å². The van der Waals surface area contributed by atoms with Crippen LogP contribution in [-0.2, 0) is 4.79 Å². The maximum Gasteiger partial charge on any atom is 0.187 e. The Hall–Kier alpha value is -2.33. The molecule has 0 bridgehead atoms. The summed E-state index contributed by atoms with van der Waals surface area (Å²) < 4.78 is 10.6. The number of Topliss-reactive ketones (excluding diaryl/α,β-unsaturated/α-hetero) is 1. The van der Waals surface area contributed by atoms with Gasteiger partial charge < -0.3 is 8.83 Å². The van der Waals surface area contributed by atoms with Gasteiger partial charge in [0.2, 0.25) is 0 Å². The van der Waals surface area contributed by atoms with Crippen LogP contribution in [0.15, 0.2) is 56.8 Å². The van der Waals surface area contributed by atoms with Crippen molar-refractivity contribution in [2.24, 2.45) is 0 Å². The molecule has 1 saturated heterocycles. The minimum atomic E-state index is 0.0518. The highest BCUT2D eigenvalue weighted by Crippen LogP contribution is 2.21. The number of hydrogen-bond acceptors (Lipinski definition) is 4. The number of ketones is 1. The minimum Gasteiger partial charge on any atom is -0.465 e. The Morgan fingerprint density at radius 3 is 1.90 bits per heavy atom. The molecule has 0 aliphatic carbocycles. The van der Waals surface area contributed by atoms with Crippen LogP contribution in [0.25, 0.3) is 12.2 Å². The van der Waals surface area contributed by atoms with Gasteiger partial charge in [-0.25, -0.2) is 0 Å². The Morgan fingerprint density at radius 1 is 1.00 bits per heavy atom. The first kappa shape index (κ1) is 12.7. The van der Waals surface area contributed by atoms with Gasteiger partial charge in [-0.1, -0.05) is 0 Å². The fourth-order valence-electron chi connectivity index (χ4n) is 2.30. The summed E-state index contributed by atoms with van der Waals surface area (Å²) in [7, 11) is 1.98. The Bertz CT molecular complexity index is 592. The Kier molecular flexibility index (Phi) is 3.39. The molecule has 4 heteroatoms. The fourth-order valence-corrected chi connectivity index (χ4v) is 2.30. The number of nitrogens with zero attached hydrogens (tertiary/aromatic N) is 1. The number of likely N-dealkylation sites (tertiary alicyclic amines) is 1. The van der Waals surface area contributed by atoms with Crippen LogP contribution in [0.5, 0.6) is 0 Å². The van der Waals surface area contributed by atoms with E-state index in [1.54, 1.807) is 24.7 Å². The van der Waals surface area contributed by atoms with Crippen LogP contribution in [0.4, 0.5) is 0 Å². The monoisotopic (exact) mass is 269 g/mol. The number of piperidine rings is 1. The molecule has 0 atom stereocenters. The summed E-state index contributed by atoms with van der Waals surface area (Å²) in [6, 6.07) is 7.29. The van der Waals surface area contributed by atoms with Gasteiger partial charge in [0.1, 0.15) is 11.5 Å². The van der Waals surface area contributed by atoms with E-state index in [1.165, 1.54) is 0 Å². The van der Waals surface area contributed by atoms with Gasteiger partial charge in [-0.2, -0.15) is 0 Å². The molecule has 0 saturated carbocycles. The van der Waals surface area contributed by atoms with E-state index in [4.69, 9.17) is 8.83 Å². The molecule has 0 spiro atoms. The van der Waals surface area contributed by atoms with E-state index >= 15 is 0 Å². The van der Waals surface area contributed by atoms with Gasteiger partial charge >= 0.3 is 0 Å². The van der Waals surface area contributed by atoms with Crippen molar-refractivity contribution in [2.75, 3.05) is 20.1 Å². The molecule has 1 fully saturated rings. The third kappa shape index (κ3) is 2.65. The lowest BCUT2D eigenvalue weighted by atomic mass is 9.96. The van der Waals surface area contributed by atoms with Crippen molar-refractivity contribution in [1.82, 2.24) is 4.90 Å². The highest BCUT2D eigenvalue weighted by atomic mass is 16.3. The van der Waals surface area contributed by atoms with E-state index in [0.29, 0.717) is 24.6 Å². The number of hydrogen-bond donors (Lipinski definition) is 0. The zero-order valence-corrected chi connectivity index (χ0v) is 11.2. The molecule has 0 amide bonds. The maximum absolute atomic E-state index is 12.5. The first-order valence-corrected chi connectivity index (χ1v) is 6.44. The topological polar surface area (TPSA) is 46.6 Å². The van der Waals surface area contributed by atoms with Crippen molar-refractivity contribution in [3.63, 3.8) is 0 Å². The maximum atomic E-state index is 12.5. The third-order valence-corrected chi connectivity index (χ3v) is 3.18. The summed E-state index contributed by atoms with van der Waals surface area (Å²) in [4.78, 5) is 14.6. The van der Waals surface area contributed by atoms with E-state index in [0.717, 1.165) is 11.1 Å². The van der Waals surface area contributed by atoms with E-state index in [2.05, 4.69) is 4.90 Å². The molecule has 1 aliphatic rings. The van der Waals surface area contributed by atoms with Gasteiger partial charge in [-0.15, -0.1) is 0 Å². The second-order valence-corrected chi connectivity index (χ2v) is 4.87. The molecule has 3 heterocycles. The summed E-state index contributed by atoms with van der Waals surface area (Å²) in [5.41, 5.74) is 1.46. The highest BCUT2D eigenvalue weighted by molar-refractivity contribution is 6.14. The molecule has 0 unspecified atom stereocenters. The number of carbonyl (C=O) groups excluding carboxylic acids is 1. The van der Waals surface area contributed by atoms with Crippen LogP contribution >= 0.6 is 0 Å². The summed E-state index contributed by atoms with van der Waals surface area (Å²) in [5.74, 6) is 1.44. The Labute approximate surface area is 117 Å². The smallest absolute Gasteiger partial charge is 0.187 e. The Balaban J connectivity index is 1.92. The van der Waals surface area contributed by atoms with Crippen molar-refractivity contribution in [3.05, 3.63) is 59.5 Å². The zero-order valence-electron chi connectivity index (χ0n) is 11.2.